The fraction of sp³-hybridized carbons (Fsp3) is 0.516. The molecule has 0 fully saturated rings. The molecule has 0 saturated heterocycles. The van der Waals surface area contributed by atoms with Gasteiger partial charge in [-0.1, -0.05) is 30.3 Å². The van der Waals surface area contributed by atoms with E-state index in [1.54, 1.807) is 24.3 Å². The Hall–Kier alpha value is -5.75. The Kier molecular flexibility index (Phi) is 19.2. The van der Waals surface area contributed by atoms with Gasteiger partial charge in [0, 0.05) is 26.4 Å². The van der Waals surface area contributed by atoms with Gasteiger partial charge in [0.25, 0.3) is 0 Å². The lowest BCUT2D eigenvalue weighted by atomic mass is 10.0. The second-order valence-corrected chi connectivity index (χ2v) is 11.4. The Bertz CT molecular complexity index is 1360. The molecule has 0 aliphatic heterocycles. The van der Waals surface area contributed by atoms with Gasteiger partial charge in [0.2, 0.25) is 35.4 Å². The lowest BCUT2D eigenvalue weighted by Crippen LogP contribution is -2.56. The molecule has 276 valence electrons. The van der Waals surface area contributed by atoms with Crippen LogP contribution in [0.2, 0.25) is 0 Å². The fourth-order valence-corrected chi connectivity index (χ4v) is 4.40. The number of nitrogens with two attached hydrogens (primary N) is 4. The second-order valence-electron chi connectivity index (χ2n) is 11.4. The molecule has 50 heavy (non-hydrogen) atoms. The van der Waals surface area contributed by atoms with Crippen molar-refractivity contribution in [2.75, 3.05) is 19.6 Å². The third-order valence-corrected chi connectivity index (χ3v) is 6.96. The molecule has 0 aromatic heterocycles. The first kappa shape index (κ1) is 42.3. The van der Waals surface area contributed by atoms with Crippen molar-refractivity contribution in [1.82, 2.24) is 31.9 Å². The number of benzene rings is 1. The predicted molar refractivity (Wildman–Crippen MR) is 186 cm³/mol. The van der Waals surface area contributed by atoms with Crippen LogP contribution in [0.4, 0.5) is 0 Å². The molecule has 0 aliphatic carbocycles. The molecule has 0 spiro atoms. The maximum absolute atomic E-state index is 13.0. The van der Waals surface area contributed by atoms with Crippen LogP contribution < -0.4 is 54.8 Å². The first-order valence-electron chi connectivity index (χ1n) is 16.0. The van der Waals surface area contributed by atoms with Crippen molar-refractivity contribution in [3.05, 3.63) is 35.9 Å². The number of carbonyl (C=O) groups excluding carboxylic acids is 7. The van der Waals surface area contributed by atoms with Crippen LogP contribution in [-0.4, -0.2) is 103 Å². The first-order valence-corrected chi connectivity index (χ1v) is 16.0. The molecule has 0 aliphatic rings. The van der Waals surface area contributed by atoms with Crippen molar-refractivity contribution in [2.45, 2.75) is 83.1 Å². The number of amides is 6. The van der Waals surface area contributed by atoms with E-state index in [0.29, 0.717) is 19.1 Å². The minimum atomic E-state index is -1.11. The van der Waals surface area contributed by atoms with E-state index >= 15 is 0 Å². The molecule has 19 nitrogen and oxygen atoms in total. The van der Waals surface area contributed by atoms with Crippen molar-refractivity contribution in [2.24, 2.45) is 32.9 Å². The average molecular weight is 703 g/mol. The summed E-state index contributed by atoms with van der Waals surface area (Å²) >= 11 is 0. The van der Waals surface area contributed by atoms with Crippen molar-refractivity contribution in [3.8, 4) is 0 Å². The van der Waals surface area contributed by atoms with Gasteiger partial charge in [0.15, 0.2) is 11.9 Å². The van der Waals surface area contributed by atoms with Crippen LogP contribution in [0.1, 0.15) is 52.0 Å². The van der Waals surface area contributed by atoms with Crippen molar-refractivity contribution >= 4 is 53.6 Å². The van der Waals surface area contributed by atoms with Gasteiger partial charge in [-0.2, -0.15) is 0 Å². The highest BCUT2D eigenvalue weighted by atomic mass is 16.2. The van der Waals surface area contributed by atoms with E-state index in [0.717, 1.165) is 5.56 Å². The van der Waals surface area contributed by atoms with Gasteiger partial charge < -0.3 is 59.6 Å². The molecule has 1 aromatic rings. The molecule has 0 bridgehead atoms. The number of aliphatic imine (C=N–C) groups is 2. The van der Waals surface area contributed by atoms with Crippen LogP contribution in [0.5, 0.6) is 0 Å². The zero-order chi connectivity index (χ0) is 37.6. The van der Waals surface area contributed by atoms with E-state index in [-0.39, 0.29) is 44.3 Å². The Labute approximate surface area is 290 Å². The van der Waals surface area contributed by atoms with Crippen molar-refractivity contribution < 1.29 is 33.6 Å². The van der Waals surface area contributed by atoms with Gasteiger partial charge >= 0.3 is 0 Å². The van der Waals surface area contributed by atoms with Crippen LogP contribution in [-0.2, 0) is 40.0 Å². The Morgan fingerprint density at radius 3 is 1.80 bits per heavy atom. The van der Waals surface area contributed by atoms with Gasteiger partial charge in [-0.25, -0.2) is 0 Å². The molecule has 1 aromatic carbocycles. The molecule has 6 amide bonds. The standard InChI is InChI=1S/C31H50N12O7/c1-18(39-27(48)19(2)40-29(50)24(41-20(3)45)15-21-9-5-4-6-10-21)26(47)38-16-25(46)43-23(12-8-14-37-31(34)35)28(49)42-22(17-44)11-7-13-36-30(32)33/h4-6,9-10,17-19,22-24H,7-8,11-16H2,1-3H3,(H,38,47)(H,39,48)(H,40,50)(H,41,45)(H,42,49)(H,43,46)(H4,32,33,36)(H4,34,35,37)/t18-,19-,22-,23-,24-/m0/s1. The zero-order valence-corrected chi connectivity index (χ0v) is 28.6. The minimum Gasteiger partial charge on any atom is -0.370 e. The molecule has 19 heteroatoms. The van der Waals surface area contributed by atoms with E-state index < -0.39 is 72.2 Å². The molecule has 0 unspecified atom stereocenters. The second kappa shape index (κ2) is 22.8. The van der Waals surface area contributed by atoms with Gasteiger partial charge in [-0.05, 0) is 45.1 Å². The van der Waals surface area contributed by atoms with Crippen LogP contribution in [0.25, 0.3) is 0 Å². The van der Waals surface area contributed by atoms with Gasteiger partial charge in [0.05, 0.1) is 12.6 Å². The summed E-state index contributed by atoms with van der Waals surface area (Å²) in [4.78, 5) is 95.0. The van der Waals surface area contributed by atoms with E-state index in [1.165, 1.54) is 20.8 Å². The molecule has 0 heterocycles. The summed E-state index contributed by atoms with van der Waals surface area (Å²) in [6, 6.07) is 3.90. The number of carbonyl (C=O) groups is 7. The minimum absolute atomic E-state index is 0.102. The highest BCUT2D eigenvalue weighted by molar-refractivity contribution is 5.95. The molecular formula is C31H50N12O7. The summed E-state index contributed by atoms with van der Waals surface area (Å²) in [7, 11) is 0. The quantitative estimate of drug-likeness (QED) is 0.0241. The largest absolute Gasteiger partial charge is 0.370 e. The number of hydrogen-bond acceptors (Lipinski definition) is 9. The number of rotatable bonds is 22. The van der Waals surface area contributed by atoms with Gasteiger partial charge in [-0.3, -0.25) is 38.8 Å². The Morgan fingerprint density at radius 1 is 0.700 bits per heavy atom. The number of guanidine groups is 2. The lowest BCUT2D eigenvalue weighted by Gasteiger charge is -2.22. The summed E-state index contributed by atoms with van der Waals surface area (Å²) in [6.07, 6.45) is 1.80. The Balaban J connectivity index is 2.72. The molecule has 5 atom stereocenters. The SMILES string of the molecule is CC(=O)N[C@@H](Cc1ccccc1)C(=O)N[C@@H](C)C(=O)N[C@@H](C)C(=O)NCC(=O)N[C@@H](CCCN=C(N)N)C(=O)N[C@H](C=O)CCCN=C(N)N. The topological polar surface area (TPSA) is 320 Å². The maximum atomic E-state index is 13.0. The Morgan fingerprint density at radius 2 is 1.24 bits per heavy atom. The van der Waals surface area contributed by atoms with E-state index in [9.17, 15) is 33.6 Å². The molecule has 1 rings (SSSR count). The summed E-state index contributed by atoms with van der Waals surface area (Å²) in [5, 5.41) is 15.0. The number of aldehydes is 1. The summed E-state index contributed by atoms with van der Waals surface area (Å²) in [5.74, 6) is -4.04. The molecule has 0 radical (unpaired) electrons. The third kappa shape index (κ3) is 18.0. The normalized spacial score (nSPS) is 13.4. The zero-order valence-electron chi connectivity index (χ0n) is 28.6. The number of nitrogens with zero attached hydrogens (tertiary/aromatic N) is 2. The average Bonchev–Trinajstić information content (AvgIpc) is 3.05. The van der Waals surface area contributed by atoms with Crippen molar-refractivity contribution in [1.29, 1.82) is 0 Å². The van der Waals surface area contributed by atoms with Crippen molar-refractivity contribution in [3.63, 3.8) is 0 Å². The highest BCUT2D eigenvalue weighted by Crippen LogP contribution is 2.05. The monoisotopic (exact) mass is 702 g/mol. The van der Waals surface area contributed by atoms with E-state index in [2.05, 4.69) is 41.9 Å². The summed E-state index contributed by atoms with van der Waals surface area (Å²) < 4.78 is 0. The van der Waals surface area contributed by atoms with Crippen LogP contribution in [0.3, 0.4) is 0 Å². The van der Waals surface area contributed by atoms with Crippen LogP contribution in [0.15, 0.2) is 40.3 Å². The highest BCUT2D eigenvalue weighted by Gasteiger charge is 2.27. The molecule has 14 N–H and O–H groups in total. The molecular weight excluding hydrogens is 652 g/mol. The molecule has 0 saturated carbocycles. The number of hydrogen-bond donors (Lipinski definition) is 10. The fourth-order valence-electron chi connectivity index (χ4n) is 4.40. The van der Waals surface area contributed by atoms with Gasteiger partial charge in [-0.15, -0.1) is 0 Å². The first-order chi connectivity index (χ1) is 23.6. The van der Waals surface area contributed by atoms with Crippen LogP contribution >= 0.6 is 0 Å². The van der Waals surface area contributed by atoms with E-state index in [1.807, 2.05) is 6.07 Å². The maximum Gasteiger partial charge on any atom is 0.243 e. The van der Waals surface area contributed by atoms with Gasteiger partial charge in [0.1, 0.15) is 30.5 Å². The summed E-state index contributed by atoms with van der Waals surface area (Å²) in [5.41, 5.74) is 22.1. The van der Waals surface area contributed by atoms with Crippen LogP contribution in [0, 0.1) is 0 Å². The number of nitrogens with one attached hydrogen (secondary N) is 6. The lowest BCUT2D eigenvalue weighted by molar-refractivity contribution is -0.133. The van der Waals surface area contributed by atoms with E-state index in [4.69, 9.17) is 22.9 Å². The predicted octanol–water partition coefficient (Wildman–Crippen LogP) is -3.86. The third-order valence-electron chi connectivity index (χ3n) is 6.96. The summed E-state index contributed by atoms with van der Waals surface area (Å²) in [6.45, 7) is 3.94. The smallest absolute Gasteiger partial charge is 0.243 e.